The number of amides is 1. The number of halogens is 1. The van der Waals surface area contributed by atoms with Crippen molar-refractivity contribution in [3.63, 3.8) is 0 Å². The Labute approximate surface area is 94.9 Å². The maximum Gasteiger partial charge on any atom is 0.271 e. The van der Waals surface area contributed by atoms with Gasteiger partial charge in [0, 0.05) is 13.2 Å². The van der Waals surface area contributed by atoms with Crippen molar-refractivity contribution >= 4 is 17.5 Å². The average molecular weight is 227 g/mol. The summed E-state index contributed by atoms with van der Waals surface area (Å²) < 4.78 is 0. The fourth-order valence-corrected chi connectivity index (χ4v) is 1.78. The van der Waals surface area contributed by atoms with Crippen LogP contribution in [0.2, 0.25) is 5.02 Å². The quantitative estimate of drug-likeness (QED) is 0.799. The number of aromatic nitrogens is 1. The van der Waals surface area contributed by atoms with E-state index in [-0.39, 0.29) is 17.0 Å². The summed E-state index contributed by atoms with van der Waals surface area (Å²) in [6, 6.07) is 1.84. The molecule has 0 aliphatic heterocycles. The number of hydrogen-bond acceptors (Lipinski definition) is 2. The molecule has 1 N–H and O–H groups in total. The summed E-state index contributed by atoms with van der Waals surface area (Å²) in [6.07, 6.45) is 1.61. The summed E-state index contributed by atoms with van der Waals surface area (Å²) in [6.45, 7) is 6.13. The van der Waals surface area contributed by atoms with Crippen molar-refractivity contribution in [3.05, 3.63) is 28.5 Å². The van der Waals surface area contributed by atoms with E-state index in [2.05, 4.69) is 10.3 Å². The molecule has 0 spiro atoms. The highest BCUT2D eigenvalue weighted by molar-refractivity contribution is 6.34. The van der Waals surface area contributed by atoms with Crippen LogP contribution in [0.15, 0.2) is 12.3 Å². The highest BCUT2D eigenvalue weighted by atomic mass is 35.5. The first kappa shape index (κ1) is 12.0. The van der Waals surface area contributed by atoms with E-state index in [1.807, 2.05) is 26.8 Å². The van der Waals surface area contributed by atoms with E-state index in [0.717, 1.165) is 5.56 Å². The van der Waals surface area contributed by atoms with Gasteiger partial charge in [0.2, 0.25) is 0 Å². The minimum absolute atomic E-state index is 0.0944. The van der Waals surface area contributed by atoms with Crippen molar-refractivity contribution in [2.75, 3.05) is 7.05 Å². The van der Waals surface area contributed by atoms with E-state index in [1.54, 1.807) is 13.2 Å². The molecule has 0 aromatic carbocycles. The third-order valence-corrected chi connectivity index (χ3v) is 2.52. The van der Waals surface area contributed by atoms with Gasteiger partial charge in [0.05, 0.1) is 5.02 Å². The Bertz CT molecular complexity index is 383. The van der Waals surface area contributed by atoms with Crippen molar-refractivity contribution < 1.29 is 4.79 Å². The molecule has 0 unspecified atom stereocenters. The molecule has 0 atom stereocenters. The minimum atomic E-state index is -0.258. The summed E-state index contributed by atoms with van der Waals surface area (Å²) in [5.41, 5.74) is 1.12. The first-order valence-corrected chi connectivity index (χ1v) is 5.12. The zero-order chi connectivity index (χ0) is 11.6. The van der Waals surface area contributed by atoms with Crippen LogP contribution < -0.4 is 5.32 Å². The summed E-state index contributed by atoms with van der Waals surface area (Å²) in [5.74, 6) is -0.258. The fraction of sp³-hybridized carbons (Fsp3) is 0.455. The summed E-state index contributed by atoms with van der Waals surface area (Å²) in [5, 5.41) is 2.95. The molecule has 1 amide bonds. The van der Waals surface area contributed by atoms with Gasteiger partial charge in [-0.1, -0.05) is 32.4 Å². The Kier molecular flexibility index (Phi) is 3.35. The van der Waals surface area contributed by atoms with Crippen LogP contribution in [-0.2, 0) is 5.41 Å². The molecule has 1 rings (SSSR count). The second-order valence-corrected chi connectivity index (χ2v) is 4.73. The maximum absolute atomic E-state index is 11.5. The molecule has 1 heterocycles. The maximum atomic E-state index is 11.5. The molecular weight excluding hydrogens is 212 g/mol. The molecule has 15 heavy (non-hydrogen) atoms. The Hall–Kier alpha value is -1.09. The van der Waals surface area contributed by atoms with Crippen molar-refractivity contribution in [1.82, 2.24) is 10.3 Å². The Morgan fingerprint density at radius 2 is 2.07 bits per heavy atom. The number of hydrogen-bond donors (Lipinski definition) is 1. The first-order valence-electron chi connectivity index (χ1n) is 4.75. The first-order chi connectivity index (χ1) is 6.88. The van der Waals surface area contributed by atoms with Crippen LogP contribution in [0.3, 0.4) is 0 Å². The van der Waals surface area contributed by atoms with E-state index in [1.165, 1.54) is 0 Å². The van der Waals surface area contributed by atoms with Gasteiger partial charge < -0.3 is 5.32 Å². The topological polar surface area (TPSA) is 42.0 Å². The second-order valence-electron chi connectivity index (χ2n) is 4.35. The van der Waals surface area contributed by atoms with Crippen molar-refractivity contribution in [3.8, 4) is 0 Å². The lowest BCUT2D eigenvalue weighted by atomic mass is 9.87. The van der Waals surface area contributed by atoms with Crippen LogP contribution in [0, 0.1) is 0 Å². The Balaban J connectivity index is 3.30. The lowest BCUT2D eigenvalue weighted by molar-refractivity contribution is 0.0958. The molecule has 0 saturated carbocycles. The summed E-state index contributed by atoms with van der Waals surface area (Å²) >= 11 is 6.14. The van der Waals surface area contributed by atoms with E-state index in [9.17, 15) is 4.79 Å². The molecule has 0 radical (unpaired) electrons. The molecule has 0 aliphatic rings. The Morgan fingerprint density at radius 1 is 1.47 bits per heavy atom. The predicted molar refractivity (Wildman–Crippen MR) is 61.3 cm³/mol. The molecule has 0 fully saturated rings. The molecule has 1 aromatic heterocycles. The van der Waals surface area contributed by atoms with Crippen LogP contribution in [-0.4, -0.2) is 17.9 Å². The van der Waals surface area contributed by atoms with Crippen molar-refractivity contribution in [1.29, 1.82) is 0 Å². The van der Waals surface area contributed by atoms with Gasteiger partial charge in [-0.2, -0.15) is 0 Å². The number of rotatable bonds is 1. The largest absolute Gasteiger partial charge is 0.354 e. The zero-order valence-corrected chi connectivity index (χ0v) is 10.1. The number of nitrogens with zero attached hydrogens (tertiary/aromatic N) is 1. The fourth-order valence-electron chi connectivity index (χ4n) is 1.30. The van der Waals surface area contributed by atoms with E-state index in [0.29, 0.717) is 5.02 Å². The molecule has 82 valence electrons. The van der Waals surface area contributed by atoms with Crippen LogP contribution in [0.4, 0.5) is 0 Å². The van der Waals surface area contributed by atoms with Crippen molar-refractivity contribution in [2.24, 2.45) is 0 Å². The molecular formula is C11H15ClN2O. The lowest BCUT2D eigenvalue weighted by Gasteiger charge is -2.21. The molecule has 4 heteroatoms. The smallest absolute Gasteiger partial charge is 0.271 e. The highest BCUT2D eigenvalue weighted by Gasteiger charge is 2.21. The summed E-state index contributed by atoms with van der Waals surface area (Å²) in [4.78, 5) is 15.4. The minimum Gasteiger partial charge on any atom is -0.354 e. The highest BCUT2D eigenvalue weighted by Crippen LogP contribution is 2.30. The van der Waals surface area contributed by atoms with E-state index < -0.39 is 0 Å². The van der Waals surface area contributed by atoms with Crippen LogP contribution in [0.5, 0.6) is 0 Å². The standard InChI is InChI=1S/C11H15ClN2O/c1-11(2,3)7-5-6-14-9(8(7)12)10(15)13-4/h5-6H,1-4H3,(H,13,15). The van der Waals surface area contributed by atoms with Gasteiger partial charge in [0.15, 0.2) is 0 Å². The third kappa shape index (κ3) is 2.48. The molecule has 0 saturated heterocycles. The van der Waals surface area contributed by atoms with Gasteiger partial charge in [0.1, 0.15) is 5.69 Å². The third-order valence-electron chi connectivity index (χ3n) is 2.14. The predicted octanol–water partition coefficient (Wildman–Crippen LogP) is 2.39. The van der Waals surface area contributed by atoms with Gasteiger partial charge in [-0.25, -0.2) is 4.98 Å². The number of carbonyl (C=O) groups is 1. The van der Waals surface area contributed by atoms with Gasteiger partial charge in [-0.3, -0.25) is 4.79 Å². The molecule has 3 nitrogen and oxygen atoms in total. The van der Waals surface area contributed by atoms with Gasteiger partial charge >= 0.3 is 0 Å². The van der Waals surface area contributed by atoms with Crippen LogP contribution in [0.1, 0.15) is 36.8 Å². The lowest BCUT2D eigenvalue weighted by Crippen LogP contribution is -2.22. The van der Waals surface area contributed by atoms with Gasteiger partial charge in [0.25, 0.3) is 5.91 Å². The zero-order valence-electron chi connectivity index (χ0n) is 9.39. The number of pyridine rings is 1. The normalized spacial score (nSPS) is 11.3. The molecule has 0 bridgehead atoms. The van der Waals surface area contributed by atoms with Crippen LogP contribution >= 0.6 is 11.6 Å². The SMILES string of the molecule is CNC(=O)c1nccc(C(C)(C)C)c1Cl. The number of nitrogens with one attached hydrogen (secondary N) is 1. The molecule has 1 aromatic rings. The number of carbonyl (C=O) groups excluding carboxylic acids is 1. The Morgan fingerprint density at radius 3 is 2.53 bits per heavy atom. The van der Waals surface area contributed by atoms with E-state index >= 15 is 0 Å². The van der Waals surface area contributed by atoms with Crippen LogP contribution in [0.25, 0.3) is 0 Å². The summed E-state index contributed by atoms with van der Waals surface area (Å²) in [7, 11) is 1.56. The monoisotopic (exact) mass is 226 g/mol. The van der Waals surface area contributed by atoms with Gasteiger partial charge in [-0.05, 0) is 17.0 Å². The van der Waals surface area contributed by atoms with Crippen molar-refractivity contribution in [2.45, 2.75) is 26.2 Å². The average Bonchev–Trinajstić information content (AvgIpc) is 2.15. The van der Waals surface area contributed by atoms with Gasteiger partial charge in [-0.15, -0.1) is 0 Å². The van der Waals surface area contributed by atoms with E-state index in [4.69, 9.17) is 11.6 Å². The second kappa shape index (κ2) is 4.19. The molecule has 0 aliphatic carbocycles.